The third-order valence-corrected chi connectivity index (χ3v) is 3.91. The third kappa shape index (κ3) is 4.58. The second-order valence-electron chi connectivity index (χ2n) is 6.56. The monoisotopic (exact) mass is 256 g/mol. The lowest BCUT2D eigenvalue weighted by Gasteiger charge is -2.41. The van der Waals surface area contributed by atoms with E-state index < -0.39 is 0 Å². The lowest BCUT2D eigenvalue weighted by Crippen LogP contribution is -2.50. The SMILES string of the molecule is CC(=O)NC(C)(C)C[C@@H](C)NCC1(CO)CCC1. The molecular weight excluding hydrogens is 228 g/mol. The number of carbonyl (C=O) groups is 1. The molecule has 1 fully saturated rings. The summed E-state index contributed by atoms with van der Waals surface area (Å²) in [5.74, 6) is 0.0121. The van der Waals surface area contributed by atoms with Gasteiger partial charge in [-0.05, 0) is 40.0 Å². The van der Waals surface area contributed by atoms with Crippen LogP contribution >= 0.6 is 0 Å². The van der Waals surface area contributed by atoms with Gasteiger partial charge in [0.15, 0.2) is 0 Å². The molecule has 0 saturated heterocycles. The van der Waals surface area contributed by atoms with Crippen LogP contribution in [0.2, 0.25) is 0 Å². The zero-order valence-corrected chi connectivity index (χ0v) is 12.2. The van der Waals surface area contributed by atoms with Crippen LogP contribution in [0.25, 0.3) is 0 Å². The smallest absolute Gasteiger partial charge is 0.217 e. The summed E-state index contributed by atoms with van der Waals surface area (Å²) in [6.45, 7) is 8.92. The van der Waals surface area contributed by atoms with Crippen molar-refractivity contribution >= 4 is 5.91 Å². The van der Waals surface area contributed by atoms with E-state index >= 15 is 0 Å². The van der Waals surface area contributed by atoms with Crippen molar-refractivity contribution in [1.82, 2.24) is 10.6 Å². The number of rotatable bonds is 7. The van der Waals surface area contributed by atoms with Crippen LogP contribution in [0.1, 0.15) is 53.4 Å². The predicted octanol–water partition coefficient (Wildman–Crippen LogP) is 1.43. The molecule has 1 aliphatic rings. The van der Waals surface area contributed by atoms with Crippen molar-refractivity contribution in [3.63, 3.8) is 0 Å². The van der Waals surface area contributed by atoms with Crippen LogP contribution < -0.4 is 10.6 Å². The molecular formula is C14H28N2O2. The lowest BCUT2D eigenvalue weighted by molar-refractivity contribution is -0.120. The Hall–Kier alpha value is -0.610. The summed E-state index contributed by atoms with van der Waals surface area (Å²) in [6.07, 6.45) is 4.36. The molecule has 0 aromatic rings. The molecule has 1 rings (SSSR count). The summed E-state index contributed by atoms with van der Waals surface area (Å²) in [7, 11) is 0. The first-order valence-corrected chi connectivity index (χ1v) is 6.92. The van der Waals surface area contributed by atoms with Crippen LogP contribution in [0.5, 0.6) is 0 Å². The van der Waals surface area contributed by atoms with Gasteiger partial charge in [-0.15, -0.1) is 0 Å². The van der Waals surface area contributed by atoms with Crippen molar-refractivity contribution in [2.24, 2.45) is 5.41 Å². The van der Waals surface area contributed by atoms with E-state index in [1.54, 1.807) is 6.92 Å². The second kappa shape index (κ2) is 6.02. The molecule has 4 nitrogen and oxygen atoms in total. The van der Waals surface area contributed by atoms with Gasteiger partial charge in [-0.1, -0.05) is 6.42 Å². The van der Waals surface area contributed by atoms with Crippen molar-refractivity contribution in [1.29, 1.82) is 0 Å². The minimum Gasteiger partial charge on any atom is -0.396 e. The molecule has 106 valence electrons. The molecule has 1 atom stereocenters. The zero-order chi connectivity index (χ0) is 13.8. The van der Waals surface area contributed by atoms with Gasteiger partial charge in [0, 0.05) is 37.1 Å². The fraction of sp³-hybridized carbons (Fsp3) is 0.929. The highest BCUT2D eigenvalue weighted by Gasteiger charge is 2.36. The first-order valence-electron chi connectivity index (χ1n) is 6.92. The van der Waals surface area contributed by atoms with Crippen LogP contribution in [0.15, 0.2) is 0 Å². The highest BCUT2D eigenvalue weighted by molar-refractivity contribution is 5.73. The number of carbonyl (C=O) groups excluding carboxylic acids is 1. The van der Waals surface area contributed by atoms with Gasteiger partial charge in [0.2, 0.25) is 5.91 Å². The van der Waals surface area contributed by atoms with E-state index in [1.165, 1.54) is 6.42 Å². The molecule has 0 unspecified atom stereocenters. The maximum Gasteiger partial charge on any atom is 0.217 e. The molecule has 4 heteroatoms. The highest BCUT2D eigenvalue weighted by Crippen LogP contribution is 2.39. The van der Waals surface area contributed by atoms with E-state index in [1.807, 2.05) is 13.8 Å². The summed E-state index contributed by atoms with van der Waals surface area (Å²) >= 11 is 0. The van der Waals surface area contributed by atoms with Gasteiger partial charge < -0.3 is 15.7 Å². The van der Waals surface area contributed by atoms with Crippen LogP contribution in [0.3, 0.4) is 0 Å². The Morgan fingerprint density at radius 1 is 1.44 bits per heavy atom. The van der Waals surface area contributed by atoms with Crippen LogP contribution in [0, 0.1) is 5.41 Å². The van der Waals surface area contributed by atoms with Crippen LogP contribution in [-0.4, -0.2) is 35.7 Å². The molecule has 3 N–H and O–H groups in total. The normalized spacial score (nSPS) is 20.1. The topological polar surface area (TPSA) is 61.4 Å². The minimum absolute atomic E-state index is 0.0121. The first kappa shape index (κ1) is 15.4. The average Bonchev–Trinajstić information content (AvgIpc) is 2.13. The molecule has 0 bridgehead atoms. The molecule has 1 saturated carbocycles. The van der Waals surface area contributed by atoms with Gasteiger partial charge in [0.25, 0.3) is 0 Å². The van der Waals surface area contributed by atoms with E-state index in [0.717, 1.165) is 25.8 Å². The Balaban J connectivity index is 2.32. The molecule has 0 heterocycles. The molecule has 0 radical (unpaired) electrons. The van der Waals surface area contributed by atoms with Crippen molar-refractivity contribution < 1.29 is 9.90 Å². The van der Waals surface area contributed by atoms with Crippen molar-refractivity contribution in [3.05, 3.63) is 0 Å². The molecule has 1 amide bonds. The van der Waals surface area contributed by atoms with Crippen molar-refractivity contribution in [3.8, 4) is 0 Å². The number of hydrogen-bond acceptors (Lipinski definition) is 3. The van der Waals surface area contributed by atoms with Gasteiger partial charge in [-0.25, -0.2) is 0 Å². The Morgan fingerprint density at radius 3 is 2.44 bits per heavy atom. The Labute approximate surface area is 111 Å². The molecule has 0 aliphatic heterocycles. The van der Waals surface area contributed by atoms with Crippen molar-refractivity contribution in [2.45, 2.75) is 65.0 Å². The molecule has 18 heavy (non-hydrogen) atoms. The van der Waals surface area contributed by atoms with Crippen LogP contribution in [0.4, 0.5) is 0 Å². The van der Waals surface area contributed by atoms with E-state index in [2.05, 4.69) is 17.6 Å². The van der Waals surface area contributed by atoms with Gasteiger partial charge in [-0.2, -0.15) is 0 Å². The molecule has 0 aromatic carbocycles. The van der Waals surface area contributed by atoms with Gasteiger partial charge >= 0.3 is 0 Å². The third-order valence-electron chi connectivity index (χ3n) is 3.91. The Morgan fingerprint density at radius 2 is 2.06 bits per heavy atom. The quantitative estimate of drug-likeness (QED) is 0.646. The maximum atomic E-state index is 11.1. The zero-order valence-electron chi connectivity index (χ0n) is 12.2. The molecule has 0 aromatic heterocycles. The van der Waals surface area contributed by atoms with Crippen LogP contribution in [-0.2, 0) is 4.79 Å². The fourth-order valence-corrected chi connectivity index (χ4v) is 2.82. The lowest BCUT2D eigenvalue weighted by atomic mass is 9.69. The summed E-state index contributed by atoms with van der Waals surface area (Å²) < 4.78 is 0. The number of aliphatic hydroxyl groups excluding tert-OH is 1. The largest absolute Gasteiger partial charge is 0.396 e. The van der Waals surface area contributed by atoms with Gasteiger partial charge in [-0.3, -0.25) is 4.79 Å². The Bertz CT molecular complexity index is 280. The van der Waals surface area contributed by atoms with Gasteiger partial charge in [0.05, 0.1) is 0 Å². The molecule has 1 aliphatic carbocycles. The van der Waals surface area contributed by atoms with Gasteiger partial charge in [0.1, 0.15) is 0 Å². The predicted molar refractivity (Wildman–Crippen MR) is 73.3 cm³/mol. The molecule has 0 spiro atoms. The van der Waals surface area contributed by atoms with E-state index in [9.17, 15) is 9.90 Å². The first-order chi connectivity index (χ1) is 8.29. The number of amides is 1. The number of hydrogen-bond donors (Lipinski definition) is 3. The highest BCUT2D eigenvalue weighted by atomic mass is 16.3. The second-order valence-corrected chi connectivity index (χ2v) is 6.56. The van der Waals surface area contributed by atoms with Crippen molar-refractivity contribution in [2.75, 3.05) is 13.2 Å². The summed E-state index contributed by atoms with van der Waals surface area (Å²) in [5, 5.41) is 15.9. The minimum atomic E-state index is -0.190. The summed E-state index contributed by atoms with van der Waals surface area (Å²) in [6, 6.07) is 0.330. The van der Waals surface area contributed by atoms with E-state index in [4.69, 9.17) is 0 Å². The fourth-order valence-electron chi connectivity index (χ4n) is 2.82. The number of aliphatic hydroxyl groups is 1. The summed E-state index contributed by atoms with van der Waals surface area (Å²) in [5.41, 5.74) is -0.0728. The summed E-state index contributed by atoms with van der Waals surface area (Å²) in [4.78, 5) is 11.1. The number of nitrogens with one attached hydrogen (secondary N) is 2. The average molecular weight is 256 g/mol. The van der Waals surface area contributed by atoms with E-state index in [0.29, 0.717) is 6.04 Å². The van der Waals surface area contributed by atoms with E-state index in [-0.39, 0.29) is 23.5 Å². The standard InChI is InChI=1S/C14H28N2O2/c1-11(8-13(3,4)16-12(2)18)15-9-14(10-17)6-5-7-14/h11,15,17H,5-10H2,1-4H3,(H,16,18)/t11-/m1/s1. The maximum absolute atomic E-state index is 11.1. The Kier molecular flexibility index (Phi) is 5.17.